The van der Waals surface area contributed by atoms with Gasteiger partial charge >= 0.3 is 0 Å². The van der Waals surface area contributed by atoms with Gasteiger partial charge in [-0.15, -0.1) is 13.0 Å². The molecule has 1 aliphatic heterocycles. The fraction of sp³-hybridized carbons (Fsp3) is 0.538. The highest BCUT2D eigenvalue weighted by molar-refractivity contribution is 5.01. The Kier molecular flexibility index (Phi) is 5.38. The predicted molar refractivity (Wildman–Crippen MR) is 65.2 cm³/mol. The van der Waals surface area contributed by atoms with Crippen LogP contribution in [0.15, 0.2) is 25.0 Å². The number of hydrogen-bond donors (Lipinski definition) is 3. The van der Waals surface area contributed by atoms with Gasteiger partial charge in [0, 0.05) is 12.8 Å². The van der Waals surface area contributed by atoms with Crippen molar-refractivity contribution in [1.82, 2.24) is 0 Å². The van der Waals surface area contributed by atoms with E-state index in [0.29, 0.717) is 6.42 Å². The quantitative estimate of drug-likeness (QED) is 0.351. The van der Waals surface area contributed by atoms with Crippen LogP contribution in [0, 0.1) is 12.3 Å². The van der Waals surface area contributed by atoms with E-state index in [1.165, 1.54) is 0 Å². The van der Waals surface area contributed by atoms with Gasteiger partial charge in [0.15, 0.2) is 0 Å². The van der Waals surface area contributed by atoms with Crippen LogP contribution >= 0.6 is 0 Å². The Balaban J connectivity index is 2.45. The molecule has 5 heteroatoms. The van der Waals surface area contributed by atoms with E-state index < -0.39 is 24.6 Å². The molecule has 1 aliphatic rings. The largest absolute Gasteiger partial charge is 0.464 e. The Bertz CT molecular complexity index is 346. The molecule has 100 valence electrons. The summed E-state index contributed by atoms with van der Waals surface area (Å²) in [6.07, 6.45) is 2.67. The van der Waals surface area contributed by atoms with Crippen LogP contribution in [0.2, 0.25) is 0 Å². The first-order chi connectivity index (χ1) is 8.47. The van der Waals surface area contributed by atoms with E-state index in [2.05, 4.69) is 19.1 Å². The fourth-order valence-corrected chi connectivity index (χ4v) is 1.56. The van der Waals surface area contributed by atoms with Gasteiger partial charge in [0.2, 0.25) is 6.29 Å². The lowest BCUT2D eigenvalue weighted by Gasteiger charge is -2.21. The number of hydrogen-bond acceptors (Lipinski definition) is 5. The molecule has 0 radical (unpaired) electrons. The third-order valence-corrected chi connectivity index (χ3v) is 2.64. The smallest absolute Gasteiger partial charge is 0.226 e. The summed E-state index contributed by atoms with van der Waals surface area (Å²) >= 11 is 0. The normalized spacial score (nSPS) is 30.2. The number of ether oxygens (including phenoxy) is 2. The van der Waals surface area contributed by atoms with Crippen LogP contribution < -0.4 is 0 Å². The van der Waals surface area contributed by atoms with Crippen molar-refractivity contribution in [1.29, 1.82) is 0 Å². The van der Waals surface area contributed by atoms with Gasteiger partial charge in [-0.25, -0.2) is 0 Å². The molecule has 5 atom stereocenters. The molecule has 1 heterocycles. The minimum absolute atomic E-state index is 0.00179. The monoisotopic (exact) mass is 254 g/mol. The Hall–Kier alpha value is -1.32. The van der Waals surface area contributed by atoms with Crippen LogP contribution in [0.3, 0.4) is 0 Å². The van der Waals surface area contributed by atoms with Gasteiger partial charge in [0.1, 0.15) is 24.1 Å². The van der Waals surface area contributed by atoms with E-state index >= 15 is 0 Å². The molecule has 5 nitrogen and oxygen atoms in total. The first-order valence-electron chi connectivity index (χ1n) is 5.61. The second-order valence-electron chi connectivity index (χ2n) is 4.10. The van der Waals surface area contributed by atoms with Gasteiger partial charge in [-0.05, 0) is 0 Å². The highest BCUT2D eigenvalue weighted by Crippen LogP contribution is 2.24. The van der Waals surface area contributed by atoms with Crippen LogP contribution in [-0.2, 0) is 9.47 Å². The number of aliphatic hydroxyl groups excluding tert-OH is 3. The SMILES string of the molecule is C#CC(O)CC(O)C(=C)OC1OC(C=C)CC1O. The van der Waals surface area contributed by atoms with Crippen molar-refractivity contribution in [3.63, 3.8) is 0 Å². The Morgan fingerprint density at radius 1 is 1.61 bits per heavy atom. The molecule has 0 aromatic heterocycles. The minimum atomic E-state index is -1.12. The van der Waals surface area contributed by atoms with Gasteiger partial charge < -0.3 is 24.8 Å². The Labute approximate surface area is 106 Å². The van der Waals surface area contributed by atoms with E-state index in [0.717, 1.165) is 0 Å². The van der Waals surface area contributed by atoms with Crippen molar-refractivity contribution < 1.29 is 24.8 Å². The lowest BCUT2D eigenvalue weighted by Crippen LogP contribution is -2.28. The average Bonchev–Trinajstić information content (AvgIpc) is 2.69. The molecule has 0 aromatic rings. The molecular weight excluding hydrogens is 236 g/mol. The standard InChI is InChI=1S/C13H18O5/c1-4-9(14)6-11(15)8(3)17-13-12(16)7-10(5-2)18-13/h1,5,9-16H,2-3,6-7H2. The van der Waals surface area contributed by atoms with Crippen LogP contribution in [0.4, 0.5) is 0 Å². The van der Waals surface area contributed by atoms with Gasteiger partial charge in [-0.1, -0.05) is 18.6 Å². The van der Waals surface area contributed by atoms with Gasteiger partial charge in [0.05, 0.1) is 6.10 Å². The van der Waals surface area contributed by atoms with Crippen molar-refractivity contribution in [3.8, 4) is 12.3 Å². The van der Waals surface area contributed by atoms with Crippen LogP contribution in [0.1, 0.15) is 12.8 Å². The van der Waals surface area contributed by atoms with Gasteiger partial charge in [-0.3, -0.25) is 0 Å². The van der Waals surface area contributed by atoms with Gasteiger partial charge in [-0.2, -0.15) is 0 Å². The average molecular weight is 254 g/mol. The molecule has 0 aromatic carbocycles. The van der Waals surface area contributed by atoms with Crippen molar-refractivity contribution in [2.45, 2.75) is 43.5 Å². The van der Waals surface area contributed by atoms with E-state index in [1.807, 2.05) is 0 Å². The highest BCUT2D eigenvalue weighted by atomic mass is 16.7. The summed E-state index contributed by atoms with van der Waals surface area (Å²) in [6, 6.07) is 0. The maximum Gasteiger partial charge on any atom is 0.226 e. The zero-order chi connectivity index (χ0) is 13.7. The first kappa shape index (κ1) is 14.7. The topological polar surface area (TPSA) is 79.2 Å². The van der Waals surface area contributed by atoms with E-state index in [1.54, 1.807) is 6.08 Å². The van der Waals surface area contributed by atoms with Crippen molar-refractivity contribution >= 4 is 0 Å². The Morgan fingerprint density at radius 3 is 2.78 bits per heavy atom. The maximum atomic E-state index is 9.65. The van der Waals surface area contributed by atoms with Crippen LogP contribution in [-0.4, -0.2) is 46.0 Å². The molecule has 0 spiro atoms. The Morgan fingerprint density at radius 2 is 2.28 bits per heavy atom. The van der Waals surface area contributed by atoms with Crippen LogP contribution in [0.25, 0.3) is 0 Å². The first-order valence-corrected chi connectivity index (χ1v) is 5.61. The second-order valence-corrected chi connectivity index (χ2v) is 4.10. The lowest BCUT2D eigenvalue weighted by molar-refractivity contribution is -0.145. The van der Waals surface area contributed by atoms with E-state index in [9.17, 15) is 15.3 Å². The molecular formula is C13H18O5. The summed E-state index contributed by atoms with van der Waals surface area (Å²) in [4.78, 5) is 0. The van der Waals surface area contributed by atoms with Crippen molar-refractivity contribution in [2.75, 3.05) is 0 Å². The summed E-state index contributed by atoms with van der Waals surface area (Å²) in [5, 5.41) is 28.5. The molecule has 0 bridgehead atoms. The molecule has 0 saturated carbocycles. The summed E-state index contributed by atoms with van der Waals surface area (Å²) in [7, 11) is 0. The maximum absolute atomic E-state index is 9.65. The fourth-order valence-electron chi connectivity index (χ4n) is 1.56. The van der Waals surface area contributed by atoms with Gasteiger partial charge in [0.25, 0.3) is 0 Å². The summed E-state index contributed by atoms with van der Waals surface area (Å²) in [5.41, 5.74) is 0. The van der Waals surface area contributed by atoms with E-state index in [4.69, 9.17) is 15.9 Å². The second kappa shape index (κ2) is 6.57. The molecule has 1 fully saturated rings. The zero-order valence-electron chi connectivity index (χ0n) is 10.0. The molecule has 0 amide bonds. The third-order valence-electron chi connectivity index (χ3n) is 2.64. The van der Waals surface area contributed by atoms with Crippen molar-refractivity contribution in [2.24, 2.45) is 0 Å². The predicted octanol–water partition coefficient (Wildman–Crippen LogP) is -0.0763. The van der Waals surface area contributed by atoms with Crippen molar-refractivity contribution in [3.05, 3.63) is 25.0 Å². The number of rotatable bonds is 6. The molecule has 18 heavy (non-hydrogen) atoms. The summed E-state index contributed by atoms with van der Waals surface area (Å²) in [6.45, 7) is 7.08. The summed E-state index contributed by atoms with van der Waals surface area (Å²) in [5.74, 6) is 2.07. The molecule has 1 saturated heterocycles. The third kappa shape index (κ3) is 3.86. The molecule has 1 rings (SSSR count). The lowest BCUT2D eigenvalue weighted by atomic mass is 10.1. The number of aliphatic hydroxyl groups is 3. The minimum Gasteiger partial charge on any atom is -0.464 e. The zero-order valence-corrected chi connectivity index (χ0v) is 10.0. The number of terminal acetylenes is 1. The van der Waals surface area contributed by atoms with E-state index in [-0.39, 0.29) is 18.3 Å². The highest BCUT2D eigenvalue weighted by Gasteiger charge is 2.35. The molecule has 5 unspecified atom stereocenters. The molecule has 0 aliphatic carbocycles. The van der Waals surface area contributed by atoms with Crippen LogP contribution in [0.5, 0.6) is 0 Å². The molecule has 3 N–H and O–H groups in total. The summed E-state index contributed by atoms with van der Waals surface area (Å²) < 4.78 is 10.5.